The molecule has 0 saturated heterocycles. The van der Waals surface area contributed by atoms with Crippen molar-refractivity contribution in [3.8, 4) is 0 Å². The minimum Gasteiger partial charge on any atom is -0.394 e. The monoisotopic (exact) mass is 491 g/mol. The molecule has 0 aliphatic carbocycles. The summed E-state index contributed by atoms with van der Waals surface area (Å²) in [5.74, 6) is 0. The molecule has 1 radical (unpaired) electrons. The Bertz CT molecular complexity index is 164. The molecule has 0 bridgehead atoms. The van der Waals surface area contributed by atoms with Crippen LogP contribution in [0.25, 0.3) is 0 Å². The van der Waals surface area contributed by atoms with Crippen LogP contribution in [-0.4, -0.2) is 114 Å². The summed E-state index contributed by atoms with van der Waals surface area (Å²) in [6, 6.07) is 0. The summed E-state index contributed by atoms with van der Waals surface area (Å²) >= 11 is 0. The zero-order chi connectivity index (χ0) is 20.8. The van der Waals surface area contributed by atoms with Crippen molar-refractivity contribution < 1.29 is 76.4 Å². The molecule has 9 nitrogen and oxygen atoms in total. The van der Waals surface area contributed by atoms with Gasteiger partial charge in [-0.1, -0.05) is 0 Å². The van der Waals surface area contributed by atoms with Gasteiger partial charge in [-0.25, -0.2) is 0 Å². The summed E-state index contributed by atoms with van der Waals surface area (Å²) in [7, 11) is 0. The van der Waals surface area contributed by atoms with Crippen molar-refractivity contribution >= 4 is 0 Å². The minimum absolute atomic E-state index is 0. The van der Waals surface area contributed by atoms with Crippen molar-refractivity contribution in [1.29, 1.82) is 0 Å². The van der Waals surface area contributed by atoms with Crippen LogP contribution in [0.3, 0.4) is 0 Å². The van der Waals surface area contributed by atoms with Crippen LogP contribution in [0.15, 0.2) is 0 Å². The number of aliphatic hydroxyl groups is 3. The first-order chi connectivity index (χ1) is 13.2. The fourth-order valence-corrected chi connectivity index (χ4v) is 1.29. The molecule has 171 valence electrons. The number of aliphatic hydroxyl groups excluding tert-OH is 3. The number of hydrogen-bond donors (Lipinski definition) is 3. The van der Waals surface area contributed by atoms with Crippen LogP contribution in [0.4, 0.5) is 0 Å². The van der Waals surface area contributed by atoms with Crippen LogP contribution in [-0.2, 0) is 61.1 Å². The molecule has 0 heterocycles. The molecule has 28 heavy (non-hydrogen) atoms. The molecular weight excluding hydrogens is 449 g/mol. The van der Waals surface area contributed by atoms with Crippen molar-refractivity contribution in [2.45, 2.75) is 20.8 Å². The van der Waals surface area contributed by atoms with E-state index in [1.807, 2.05) is 20.8 Å². The third kappa shape index (κ3) is 50.4. The maximum absolute atomic E-state index is 8.26. The fourth-order valence-electron chi connectivity index (χ4n) is 1.29. The number of rotatable bonds is 18. The summed E-state index contributed by atoms with van der Waals surface area (Å²) in [5, 5.41) is 24.8. The first kappa shape index (κ1) is 36.1. The van der Waals surface area contributed by atoms with E-state index in [1.165, 1.54) is 0 Å². The van der Waals surface area contributed by atoms with Gasteiger partial charge in [-0.15, -0.1) is 0 Å². The van der Waals surface area contributed by atoms with Gasteiger partial charge >= 0.3 is 0 Å². The Morgan fingerprint density at radius 2 is 0.607 bits per heavy atom. The van der Waals surface area contributed by atoms with Crippen LogP contribution < -0.4 is 0 Å². The molecule has 0 aromatic carbocycles. The molecule has 0 aromatic rings. The van der Waals surface area contributed by atoms with Crippen LogP contribution in [0.2, 0.25) is 0 Å². The van der Waals surface area contributed by atoms with Crippen molar-refractivity contribution in [3.63, 3.8) is 0 Å². The van der Waals surface area contributed by atoms with Gasteiger partial charge < -0.3 is 43.7 Å². The number of ether oxygens (including phenoxy) is 6. The van der Waals surface area contributed by atoms with Gasteiger partial charge in [0.2, 0.25) is 0 Å². The Balaban J connectivity index is -0.000000152. The molecule has 0 amide bonds. The molecule has 0 unspecified atom stereocenters. The Kier molecular flexibility index (Phi) is 54.2. The second-order valence-corrected chi connectivity index (χ2v) is 4.60. The van der Waals surface area contributed by atoms with Gasteiger partial charge in [0, 0.05) is 52.5 Å². The van der Waals surface area contributed by atoms with Gasteiger partial charge in [-0.2, -0.15) is 0 Å². The molecule has 0 saturated carbocycles. The predicted molar refractivity (Wildman–Crippen MR) is 103 cm³/mol. The van der Waals surface area contributed by atoms with E-state index in [0.29, 0.717) is 59.5 Å². The largest absolute Gasteiger partial charge is 0.394 e. The third-order valence-electron chi connectivity index (χ3n) is 2.44. The minimum atomic E-state index is 0. The quantitative estimate of drug-likeness (QED) is 0.230. The SMILES string of the molecule is CCOCCOCCO.CCOCCOCCO.CCOCCOCCO.[Y]. The van der Waals surface area contributed by atoms with E-state index in [9.17, 15) is 0 Å². The maximum Gasteiger partial charge on any atom is 0.0701 e. The molecule has 0 atom stereocenters. The van der Waals surface area contributed by atoms with E-state index < -0.39 is 0 Å². The van der Waals surface area contributed by atoms with E-state index >= 15 is 0 Å². The molecule has 0 aliphatic rings. The van der Waals surface area contributed by atoms with Crippen molar-refractivity contribution in [1.82, 2.24) is 0 Å². The van der Waals surface area contributed by atoms with Crippen molar-refractivity contribution in [2.75, 3.05) is 99.1 Å². The zero-order valence-corrected chi connectivity index (χ0v) is 20.8. The first-order valence-corrected chi connectivity index (χ1v) is 9.53. The Labute approximate surface area is 195 Å². The van der Waals surface area contributed by atoms with Crippen LogP contribution >= 0.6 is 0 Å². The van der Waals surface area contributed by atoms with Crippen molar-refractivity contribution in [3.05, 3.63) is 0 Å². The van der Waals surface area contributed by atoms with Gasteiger partial charge in [0.25, 0.3) is 0 Å². The summed E-state index contributed by atoms with van der Waals surface area (Å²) in [6.07, 6.45) is 0. The summed E-state index contributed by atoms with van der Waals surface area (Å²) in [5.41, 5.74) is 0. The standard InChI is InChI=1S/3C6H14O3.Y/c3*1-2-8-5-6-9-4-3-7;/h3*7H,2-6H2,1H3;. The second-order valence-electron chi connectivity index (χ2n) is 4.60. The van der Waals surface area contributed by atoms with Gasteiger partial charge in [0.15, 0.2) is 0 Å². The normalized spacial score (nSPS) is 9.64. The molecule has 0 rings (SSSR count). The van der Waals surface area contributed by atoms with Gasteiger partial charge in [0.05, 0.1) is 79.3 Å². The molecule has 0 fully saturated rings. The Morgan fingerprint density at radius 1 is 0.393 bits per heavy atom. The Hall–Kier alpha value is 0.744. The van der Waals surface area contributed by atoms with Crippen LogP contribution in [0.1, 0.15) is 20.8 Å². The number of hydrogen-bond acceptors (Lipinski definition) is 9. The summed E-state index contributed by atoms with van der Waals surface area (Å²) in [6.45, 7) is 13.1. The average molecular weight is 491 g/mol. The van der Waals surface area contributed by atoms with Gasteiger partial charge in [-0.3, -0.25) is 0 Å². The molecular formula is C18H42O9Y. The second kappa shape index (κ2) is 42.0. The van der Waals surface area contributed by atoms with Crippen LogP contribution in [0, 0.1) is 0 Å². The van der Waals surface area contributed by atoms with E-state index in [1.54, 1.807) is 0 Å². The van der Waals surface area contributed by atoms with E-state index in [2.05, 4.69) is 0 Å². The van der Waals surface area contributed by atoms with E-state index in [-0.39, 0.29) is 52.5 Å². The average Bonchev–Trinajstić information content (AvgIpc) is 2.69. The van der Waals surface area contributed by atoms with E-state index in [0.717, 1.165) is 19.8 Å². The van der Waals surface area contributed by atoms with E-state index in [4.69, 9.17) is 43.7 Å². The topological polar surface area (TPSA) is 116 Å². The van der Waals surface area contributed by atoms with Crippen LogP contribution in [0.5, 0.6) is 0 Å². The van der Waals surface area contributed by atoms with Gasteiger partial charge in [-0.05, 0) is 20.8 Å². The maximum atomic E-state index is 8.26. The third-order valence-corrected chi connectivity index (χ3v) is 2.44. The molecule has 3 N–H and O–H groups in total. The molecule has 0 spiro atoms. The van der Waals surface area contributed by atoms with Crippen molar-refractivity contribution in [2.24, 2.45) is 0 Å². The Morgan fingerprint density at radius 3 is 0.786 bits per heavy atom. The van der Waals surface area contributed by atoms with Gasteiger partial charge in [0.1, 0.15) is 0 Å². The summed E-state index contributed by atoms with van der Waals surface area (Å²) < 4.78 is 29.6. The molecule has 0 aliphatic heterocycles. The molecule has 0 aromatic heterocycles. The fraction of sp³-hybridized carbons (Fsp3) is 1.00. The predicted octanol–water partition coefficient (Wildman–Crippen LogP) is 0.0929. The molecule has 10 heteroatoms. The first-order valence-electron chi connectivity index (χ1n) is 9.53. The zero-order valence-electron chi connectivity index (χ0n) is 18.0. The smallest absolute Gasteiger partial charge is 0.0701 e. The summed E-state index contributed by atoms with van der Waals surface area (Å²) in [4.78, 5) is 0.